The summed E-state index contributed by atoms with van der Waals surface area (Å²) in [4.78, 5) is 2.37. The summed E-state index contributed by atoms with van der Waals surface area (Å²) in [5, 5.41) is 10.3. The summed E-state index contributed by atoms with van der Waals surface area (Å²) < 4.78 is 5.71. The Kier molecular flexibility index (Phi) is 5.49. The van der Waals surface area contributed by atoms with Gasteiger partial charge >= 0.3 is 0 Å². The molecule has 0 amide bonds. The highest BCUT2D eigenvalue weighted by Crippen LogP contribution is 2.40. The molecule has 3 nitrogen and oxygen atoms in total. The van der Waals surface area contributed by atoms with E-state index in [1.54, 1.807) is 0 Å². The fourth-order valence-corrected chi connectivity index (χ4v) is 3.84. The second-order valence-corrected chi connectivity index (χ2v) is 8.06. The third-order valence-electron chi connectivity index (χ3n) is 5.25. The Hall–Kier alpha value is -0.120. The van der Waals surface area contributed by atoms with Crippen LogP contribution in [0.5, 0.6) is 0 Å². The Bertz CT molecular complexity index is 294. The molecule has 1 aliphatic heterocycles. The Labute approximate surface area is 124 Å². The molecule has 1 heterocycles. The van der Waals surface area contributed by atoms with E-state index in [0.717, 1.165) is 32.0 Å². The Morgan fingerprint density at radius 1 is 1.15 bits per heavy atom. The smallest absolute Gasteiger partial charge is 0.0702 e. The highest BCUT2D eigenvalue weighted by atomic mass is 16.5. The van der Waals surface area contributed by atoms with E-state index in [1.807, 2.05) is 0 Å². The minimum atomic E-state index is -0.111. The van der Waals surface area contributed by atoms with Crippen LogP contribution in [-0.4, -0.2) is 49.0 Å². The van der Waals surface area contributed by atoms with Crippen LogP contribution in [-0.2, 0) is 4.74 Å². The second kappa shape index (κ2) is 6.76. The summed E-state index contributed by atoms with van der Waals surface area (Å²) in [7, 11) is 2.18. The molecule has 2 rings (SSSR count). The van der Waals surface area contributed by atoms with Gasteiger partial charge in [-0.1, -0.05) is 20.8 Å². The van der Waals surface area contributed by atoms with Gasteiger partial charge in [-0.25, -0.2) is 0 Å². The highest BCUT2D eigenvalue weighted by molar-refractivity contribution is 4.87. The molecular formula is C17H33NO2. The van der Waals surface area contributed by atoms with Gasteiger partial charge in [-0.3, -0.25) is 0 Å². The van der Waals surface area contributed by atoms with Crippen molar-refractivity contribution in [1.82, 2.24) is 4.90 Å². The minimum Gasteiger partial charge on any atom is -0.393 e. The predicted molar refractivity (Wildman–Crippen MR) is 82.8 cm³/mol. The molecule has 1 saturated heterocycles. The number of aliphatic hydroxyl groups excluding tert-OH is 1. The zero-order valence-corrected chi connectivity index (χ0v) is 13.8. The van der Waals surface area contributed by atoms with Crippen LogP contribution in [0.1, 0.15) is 52.9 Å². The molecule has 0 aromatic carbocycles. The van der Waals surface area contributed by atoms with Crippen molar-refractivity contribution in [3.05, 3.63) is 0 Å². The first-order valence-corrected chi connectivity index (χ1v) is 8.34. The van der Waals surface area contributed by atoms with Crippen molar-refractivity contribution in [3.8, 4) is 0 Å². The molecule has 0 aromatic heterocycles. The third-order valence-corrected chi connectivity index (χ3v) is 5.25. The molecule has 0 radical (unpaired) electrons. The topological polar surface area (TPSA) is 32.7 Å². The molecule has 4 atom stereocenters. The second-order valence-electron chi connectivity index (χ2n) is 8.06. The molecule has 3 heteroatoms. The van der Waals surface area contributed by atoms with E-state index in [9.17, 15) is 5.11 Å². The fourth-order valence-electron chi connectivity index (χ4n) is 3.84. The molecule has 20 heavy (non-hydrogen) atoms. The van der Waals surface area contributed by atoms with E-state index in [4.69, 9.17) is 4.74 Å². The molecule has 1 aliphatic carbocycles. The van der Waals surface area contributed by atoms with Gasteiger partial charge in [0.05, 0.1) is 12.2 Å². The van der Waals surface area contributed by atoms with Gasteiger partial charge in [-0.2, -0.15) is 0 Å². The van der Waals surface area contributed by atoms with Crippen LogP contribution in [0.15, 0.2) is 0 Å². The van der Waals surface area contributed by atoms with Crippen molar-refractivity contribution in [2.75, 3.05) is 26.7 Å². The van der Waals surface area contributed by atoms with Crippen LogP contribution in [0, 0.1) is 17.3 Å². The van der Waals surface area contributed by atoms with Crippen LogP contribution in [0.25, 0.3) is 0 Å². The lowest BCUT2D eigenvalue weighted by Gasteiger charge is -2.41. The van der Waals surface area contributed by atoms with Crippen LogP contribution < -0.4 is 0 Å². The van der Waals surface area contributed by atoms with Crippen molar-refractivity contribution < 1.29 is 9.84 Å². The molecule has 1 saturated carbocycles. The first kappa shape index (κ1) is 16.3. The first-order chi connectivity index (χ1) is 9.36. The summed E-state index contributed by atoms with van der Waals surface area (Å²) in [6.45, 7) is 9.96. The van der Waals surface area contributed by atoms with Crippen LogP contribution in [0.4, 0.5) is 0 Å². The van der Waals surface area contributed by atoms with E-state index < -0.39 is 0 Å². The van der Waals surface area contributed by atoms with Gasteiger partial charge in [0.15, 0.2) is 0 Å². The molecule has 2 aliphatic rings. The molecule has 4 unspecified atom stereocenters. The number of likely N-dealkylation sites (N-methyl/N-ethyl adjacent to an activating group) is 1. The quantitative estimate of drug-likeness (QED) is 0.861. The molecule has 0 aromatic rings. The van der Waals surface area contributed by atoms with Gasteiger partial charge in [0, 0.05) is 19.7 Å². The molecule has 2 fully saturated rings. The summed E-state index contributed by atoms with van der Waals surface area (Å²) in [5.41, 5.74) is 0.367. The Morgan fingerprint density at radius 2 is 1.90 bits per heavy atom. The zero-order valence-electron chi connectivity index (χ0n) is 13.8. The van der Waals surface area contributed by atoms with E-state index in [0.29, 0.717) is 17.4 Å². The minimum absolute atomic E-state index is 0.111. The molecule has 0 spiro atoms. The van der Waals surface area contributed by atoms with E-state index >= 15 is 0 Å². The summed E-state index contributed by atoms with van der Waals surface area (Å²) in [6, 6.07) is 0. The van der Waals surface area contributed by atoms with Crippen LogP contribution in [0.3, 0.4) is 0 Å². The maximum Gasteiger partial charge on any atom is 0.0702 e. The standard InChI is InChI=1S/C17H33NO2/c1-17(2,3)14-7-8-16(19)13(10-14)11-18(4)12-15-6-5-9-20-15/h13-16,19H,5-12H2,1-4H3. The molecule has 118 valence electrons. The highest BCUT2D eigenvalue weighted by Gasteiger charge is 2.35. The van der Waals surface area contributed by atoms with Gasteiger partial charge in [-0.15, -0.1) is 0 Å². The third kappa shape index (κ3) is 4.44. The van der Waals surface area contributed by atoms with Crippen molar-refractivity contribution in [2.24, 2.45) is 17.3 Å². The van der Waals surface area contributed by atoms with Crippen LogP contribution in [0.2, 0.25) is 0 Å². The molecular weight excluding hydrogens is 250 g/mol. The number of hydrogen-bond donors (Lipinski definition) is 1. The maximum absolute atomic E-state index is 10.3. The average molecular weight is 283 g/mol. The van der Waals surface area contributed by atoms with Crippen LogP contribution >= 0.6 is 0 Å². The zero-order chi connectivity index (χ0) is 14.8. The SMILES string of the molecule is CN(CC1CCCO1)CC1CC(C(C)(C)C)CCC1O. The molecule has 1 N–H and O–H groups in total. The number of nitrogens with zero attached hydrogens (tertiary/aromatic N) is 1. The average Bonchev–Trinajstić information content (AvgIpc) is 2.83. The van der Waals surface area contributed by atoms with E-state index in [-0.39, 0.29) is 6.10 Å². The predicted octanol–water partition coefficient (Wildman–Crippen LogP) is 2.92. The van der Waals surface area contributed by atoms with Gasteiger partial charge in [0.2, 0.25) is 0 Å². The largest absolute Gasteiger partial charge is 0.393 e. The van der Waals surface area contributed by atoms with Crippen molar-refractivity contribution in [1.29, 1.82) is 0 Å². The maximum atomic E-state index is 10.3. The summed E-state index contributed by atoms with van der Waals surface area (Å²) in [6.07, 6.45) is 6.02. The lowest BCUT2D eigenvalue weighted by Crippen LogP contribution is -2.42. The van der Waals surface area contributed by atoms with E-state index in [2.05, 4.69) is 32.7 Å². The van der Waals surface area contributed by atoms with Gasteiger partial charge < -0.3 is 14.7 Å². The summed E-state index contributed by atoms with van der Waals surface area (Å²) in [5.74, 6) is 1.17. The molecule has 0 bridgehead atoms. The Balaban J connectivity index is 1.82. The Morgan fingerprint density at radius 3 is 2.50 bits per heavy atom. The van der Waals surface area contributed by atoms with Crippen molar-refractivity contribution in [3.63, 3.8) is 0 Å². The van der Waals surface area contributed by atoms with Gasteiger partial charge in [-0.05, 0) is 56.4 Å². The lowest BCUT2D eigenvalue weighted by molar-refractivity contribution is -0.000978. The van der Waals surface area contributed by atoms with E-state index in [1.165, 1.54) is 25.7 Å². The normalized spacial score (nSPS) is 35.7. The number of ether oxygens (including phenoxy) is 1. The summed E-state index contributed by atoms with van der Waals surface area (Å²) >= 11 is 0. The lowest BCUT2D eigenvalue weighted by atomic mass is 9.68. The number of hydrogen-bond acceptors (Lipinski definition) is 3. The number of aliphatic hydroxyl groups is 1. The van der Waals surface area contributed by atoms with Gasteiger partial charge in [0.25, 0.3) is 0 Å². The monoisotopic (exact) mass is 283 g/mol. The number of rotatable bonds is 4. The first-order valence-electron chi connectivity index (χ1n) is 8.34. The van der Waals surface area contributed by atoms with Crippen molar-refractivity contribution >= 4 is 0 Å². The van der Waals surface area contributed by atoms with Crippen molar-refractivity contribution in [2.45, 2.75) is 65.1 Å². The van der Waals surface area contributed by atoms with Gasteiger partial charge in [0.1, 0.15) is 0 Å². The fraction of sp³-hybridized carbons (Fsp3) is 1.00.